The fraction of sp³-hybridized carbons (Fsp3) is 0.200. The minimum absolute atomic E-state index is 0.149. The highest BCUT2D eigenvalue weighted by molar-refractivity contribution is 6.31. The average Bonchev–Trinajstić information content (AvgIpc) is 2.42. The number of carbonyl (C=O) groups excluding carboxylic acids is 1. The molecule has 5 nitrogen and oxygen atoms in total. The van der Waals surface area contributed by atoms with Gasteiger partial charge in [0.05, 0.1) is 5.69 Å². The summed E-state index contributed by atoms with van der Waals surface area (Å²) in [5.41, 5.74) is 1.82. The van der Waals surface area contributed by atoms with Crippen LogP contribution in [0.15, 0.2) is 35.3 Å². The summed E-state index contributed by atoms with van der Waals surface area (Å²) in [5, 5.41) is 3.23. The quantitative estimate of drug-likeness (QED) is 0.912. The van der Waals surface area contributed by atoms with Crippen molar-refractivity contribution in [2.24, 2.45) is 0 Å². The summed E-state index contributed by atoms with van der Waals surface area (Å²) >= 11 is 5.89. The van der Waals surface area contributed by atoms with Crippen LogP contribution in [-0.2, 0) is 4.79 Å². The number of benzene rings is 1. The van der Waals surface area contributed by atoms with Gasteiger partial charge >= 0.3 is 0 Å². The predicted molar refractivity (Wildman–Crippen MR) is 82.1 cm³/mol. The van der Waals surface area contributed by atoms with E-state index in [-0.39, 0.29) is 23.7 Å². The van der Waals surface area contributed by atoms with Crippen LogP contribution in [0.25, 0.3) is 0 Å². The summed E-state index contributed by atoms with van der Waals surface area (Å²) in [6, 6.07) is 6.57. The molecular weight excluding hydrogens is 292 g/mol. The third kappa shape index (κ3) is 3.86. The lowest BCUT2D eigenvalue weighted by Crippen LogP contribution is -2.23. The predicted octanol–water partition coefficient (Wildman–Crippen LogP) is 2.66. The first-order valence-corrected chi connectivity index (χ1v) is 6.72. The van der Waals surface area contributed by atoms with Gasteiger partial charge in [-0.05, 0) is 31.5 Å². The maximum Gasteiger partial charge on any atom is 0.262 e. The molecule has 0 fully saturated rings. The zero-order valence-electron chi connectivity index (χ0n) is 11.7. The Labute approximate surface area is 126 Å². The van der Waals surface area contributed by atoms with E-state index in [1.165, 1.54) is 12.3 Å². The van der Waals surface area contributed by atoms with Gasteiger partial charge in [0.1, 0.15) is 0 Å². The molecule has 1 aromatic carbocycles. The lowest BCUT2D eigenvalue weighted by molar-refractivity contribution is -0.118. The van der Waals surface area contributed by atoms with Crippen LogP contribution in [0.4, 0.5) is 5.69 Å². The van der Waals surface area contributed by atoms with Crippen molar-refractivity contribution in [2.75, 3.05) is 11.9 Å². The van der Waals surface area contributed by atoms with Gasteiger partial charge in [-0.1, -0.05) is 17.7 Å². The zero-order chi connectivity index (χ0) is 15.4. The Hall–Kier alpha value is -2.27. The Balaban J connectivity index is 2.03. The third-order valence-electron chi connectivity index (χ3n) is 2.92. The second-order valence-corrected chi connectivity index (χ2v) is 5.03. The van der Waals surface area contributed by atoms with E-state index < -0.39 is 0 Å². The van der Waals surface area contributed by atoms with Gasteiger partial charge < -0.3 is 15.0 Å². The number of hydrogen-bond acceptors (Lipinski definition) is 3. The minimum atomic E-state index is -0.358. The number of aromatic amines is 1. The Kier molecular flexibility index (Phi) is 4.65. The summed E-state index contributed by atoms with van der Waals surface area (Å²) in [4.78, 5) is 26.4. The highest BCUT2D eigenvalue weighted by Gasteiger charge is 2.09. The molecule has 0 bridgehead atoms. The first kappa shape index (κ1) is 15.1. The number of aromatic nitrogens is 1. The van der Waals surface area contributed by atoms with Gasteiger partial charge in [0.2, 0.25) is 5.43 Å². The number of ether oxygens (including phenoxy) is 1. The SMILES string of the molecule is Cc1ccc(Cl)cc1NC(=O)COc1c(C)[nH]ccc1=O. The molecule has 0 unspecified atom stereocenters. The third-order valence-corrected chi connectivity index (χ3v) is 3.16. The molecule has 0 atom stereocenters. The molecule has 0 aliphatic rings. The van der Waals surface area contributed by atoms with Crippen LogP contribution in [-0.4, -0.2) is 17.5 Å². The van der Waals surface area contributed by atoms with Crippen LogP contribution < -0.4 is 15.5 Å². The van der Waals surface area contributed by atoms with E-state index in [1.54, 1.807) is 19.1 Å². The average molecular weight is 307 g/mol. The summed E-state index contributed by atoms with van der Waals surface area (Å²) in [6.45, 7) is 3.31. The van der Waals surface area contributed by atoms with Crippen molar-refractivity contribution < 1.29 is 9.53 Å². The van der Waals surface area contributed by atoms with Crippen molar-refractivity contribution in [1.29, 1.82) is 0 Å². The molecule has 1 heterocycles. The van der Waals surface area contributed by atoms with E-state index in [0.29, 0.717) is 16.4 Å². The van der Waals surface area contributed by atoms with Crippen LogP contribution in [0.3, 0.4) is 0 Å². The number of rotatable bonds is 4. The van der Waals surface area contributed by atoms with Crippen LogP contribution in [0.2, 0.25) is 5.02 Å². The van der Waals surface area contributed by atoms with E-state index in [2.05, 4.69) is 10.3 Å². The standard InChI is InChI=1S/C15H15ClN2O3/c1-9-3-4-11(16)7-12(9)18-14(20)8-21-15-10(2)17-6-5-13(15)19/h3-7H,8H2,1-2H3,(H,17,19)(H,18,20). The number of halogens is 1. The van der Waals surface area contributed by atoms with Crippen molar-refractivity contribution in [3.8, 4) is 5.75 Å². The number of hydrogen-bond donors (Lipinski definition) is 2. The van der Waals surface area contributed by atoms with Gasteiger partial charge in [0, 0.05) is 23.0 Å². The smallest absolute Gasteiger partial charge is 0.262 e. The fourth-order valence-corrected chi connectivity index (χ4v) is 1.97. The largest absolute Gasteiger partial charge is 0.478 e. The number of H-pyrrole nitrogens is 1. The molecule has 1 amide bonds. The van der Waals surface area contributed by atoms with Crippen LogP contribution in [0, 0.1) is 13.8 Å². The summed E-state index contributed by atoms with van der Waals surface area (Å²) in [7, 11) is 0. The molecule has 0 radical (unpaired) electrons. The van der Waals surface area contributed by atoms with Gasteiger partial charge in [-0.25, -0.2) is 0 Å². The number of carbonyl (C=O) groups is 1. The maximum absolute atomic E-state index is 11.9. The van der Waals surface area contributed by atoms with Crippen LogP contribution in [0.1, 0.15) is 11.3 Å². The molecule has 0 saturated heterocycles. The molecule has 110 valence electrons. The van der Waals surface area contributed by atoms with Crippen LogP contribution >= 0.6 is 11.6 Å². The molecule has 2 rings (SSSR count). The minimum Gasteiger partial charge on any atom is -0.478 e. The normalized spacial score (nSPS) is 10.2. The lowest BCUT2D eigenvalue weighted by atomic mass is 10.2. The lowest BCUT2D eigenvalue weighted by Gasteiger charge is -2.10. The van der Waals surface area contributed by atoms with E-state index in [9.17, 15) is 9.59 Å². The highest BCUT2D eigenvalue weighted by Crippen LogP contribution is 2.20. The maximum atomic E-state index is 11.9. The molecule has 0 saturated carbocycles. The summed E-state index contributed by atoms with van der Waals surface area (Å²) in [6.07, 6.45) is 1.53. The first-order chi connectivity index (χ1) is 9.97. The number of pyridine rings is 1. The Morgan fingerprint density at radius 2 is 2.10 bits per heavy atom. The molecule has 0 aliphatic heterocycles. The topological polar surface area (TPSA) is 71.2 Å². The van der Waals surface area contributed by atoms with Gasteiger partial charge in [-0.15, -0.1) is 0 Å². The molecule has 21 heavy (non-hydrogen) atoms. The van der Waals surface area contributed by atoms with Gasteiger partial charge in [-0.2, -0.15) is 0 Å². The molecule has 0 spiro atoms. The second kappa shape index (κ2) is 6.45. The van der Waals surface area contributed by atoms with Crippen molar-refractivity contribution in [3.05, 3.63) is 57.0 Å². The van der Waals surface area contributed by atoms with Gasteiger partial charge in [0.15, 0.2) is 12.4 Å². The van der Waals surface area contributed by atoms with E-state index >= 15 is 0 Å². The Morgan fingerprint density at radius 1 is 1.33 bits per heavy atom. The molecular formula is C15H15ClN2O3. The second-order valence-electron chi connectivity index (χ2n) is 4.59. The first-order valence-electron chi connectivity index (χ1n) is 6.34. The zero-order valence-corrected chi connectivity index (χ0v) is 12.5. The summed E-state index contributed by atoms with van der Waals surface area (Å²) < 4.78 is 5.28. The van der Waals surface area contributed by atoms with Crippen LogP contribution in [0.5, 0.6) is 5.75 Å². The molecule has 0 aliphatic carbocycles. The summed E-state index contributed by atoms with van der Waals surface area (Å²) in [5.74, 6) is -0.210. The van der Waals surface area contributed by atoms with Crippen molar-refractivity contribution in [2.45, 2.75) is 13.8 Å². The molecule has 2 aromatic rings. The number of anilines is 1. The highest BCUT2D eigenvalue weighted by atomic mass is 35.5. The van der Waals surface area contributed by atoms with Crippen molar-refractivity contribution in [1.82, 2.24) is 4.98 Å². The van der Waals surface area contributed by atoms with Gasteiger partial charge in [0.25, 0.3) is 5.91 Å². The Morgan fingerprint density at radius 3 is 2.81 bits per heavy atom. The Bertz CT molecular complexity index is 725. The number of aryl methyl sites for hydroxylation is 2. The van der Waals surface area contributed by atoms with Gasteiger partial charge in [-0.3, -0.25) is 9.59 Å². The fourth-order valence-electron chi connectivity index (χ4n) is 1.80. The van der Waals surface area contributed by atoms with Crippen molar-refractivity contribution in [3.63, 3.8) is 0 Å². The molecule has 6 heteroatoms. The number of nitrogens with one attached hydrogen (secondary N) is 2. The molecule has 1 aromatic heterocycles. The van der Waals surface area contributed by atoms with Crippen molar-refractivity contribution >= 4 is 23.2 Å². The van der Waals surface area contributed by atoms with E-state index in [1.807, 2.05) is 13.0 Å². The molecule has 2 N–H and O–H groups in total. The van der Waals surface area contributed by atoms with E-state index in [4.69, 9.17) is 16.3 Å². The monoisotopic (exact) mass is 306 g/mol. The van der Waals surface area contributed by atoms with E-state index in [0.717, 1.165) is 5.56 Å². The number of amides is 1.